The normalized spacial score (nSPS) is 20.8. The van der Waals surface area contributed by atoms with Gasteiger partial charge >= 0.3 is 0 Å². The Balaban J connectivity index is 0.00000288. The van der Waals surface area contributed by atoms with Gasteiger partial charge in [-0.1, -0.05) is 13.0 Å². The van der Waals surface area contributed by atoms with Crippen LogP contribution in [0.2, 0.25) is 0 Å². The van der Waals surface area contributed by atoms with Gasteiger partial charge in [-0.2, -0.15) is 0 Å². The molecular weight excluding hydrogens is 435 g/mol. The van der Waals surface area contributed by atoms with Crippen LogP contribution in [0.15, 0.2) is 22.5 Å². The summed E-state index contributed by atoms with van der Waals surface area (Å²) in [6, 6.07) is 4.27. The van der Waals surface area contributed by atoms with Gasteiger partial charge in [0.05, 0.1) is 4.88 Å². The highest BCUT2D eigenvalue weighted by atomic mass is 127. The summed E-state index contributed by atoms with van der Waals surface area (Å²) in [4.78, 5) is 16.8. The van der Waals surface area contributed by atoms with Crippen molar-refractivity contribution >= 4 is 47.2 Å². The highest BCUT2D eigenvalue weighted by molar-refractivity contribution is 14.0. The van der Waals surface area contributed by atoms with Crippen LogP contribution in [0.3, 0.4) is 0 Å². The number of guanidine groups is 1. The van der Waals surface area contributed by atoms with Crippen LogP contribution in [-0.2, 0) is 0 Å². The summed E-state index contributed by atoms with van der Waals surface area (Å²) in [7, 11) is 1.80. The molecule has 0 unspecified atom stereocenters. The fourth-order valence-corrected chi connectivity index (χ4v) is 3.42. The van der Waals surface area contributed by atoms with Crippen molar-refractivity contribution in [1.29, 1.82) is 0 Å². The number of amides is 1. The predicted molar refractivity (Wildman–Crippen MR) is 113 cm³/mol. The van der Waals surface area contributed by atoms with E-state index in [1.807, 2.05) is 17.5 Å². The molecule has 24 heavy (non-hydrogen) atoms. The maximum atomic E-state index is 11.8. The first-order valence-electron chi connectivity index (χ1n) is 8.48. The summed E-state index contributed by atoms with van der Waals surface area (Å²) in [5.41, 5.74) is 0. The van der Waals surface area contributed by atoms with Crippen molar-refractivity contribution in [2.75, 3.05) is 20.1 Å². The molecule has 3 N–H and O–H groups in total. The minimum atomic E-state index is 0. The lowest BCUT2D eigenvalue weighted by Gasteiger charge is -2.28. The zero-order chi connectivity index (χ0) is 16.5. The summed E-state index contributed by atoms with van der Waals surface area (Å²) < 4.78 is 0. The molecule has 0 atom stereocenters. The Morgan fingerprint density at radius 3 is 2.58 bits per heavy atom. The van der Waals surface area contributed by atoms with E-state index in [4.69, 9.17) is 0 Å². The van der Waals surface area contributed by atoms with Crippen molar-refractivity contribution in [2.45, 2.75) is 45.1 Å². The molecule has 5 nitrogen and oxygen atoms in total. The number of carbonyl (C=O) groups is 1. The summed E-state index contributed by atoms with van der Waals surface area (Å²) in [5.74, 6) is 1.74. The van der Waals surface area contributed by atoms with Gasteiger partial charge in [-0.25, -0.2) is 0 Å². The molecule has 0 spiro atoms. The lowest BCUT2D eigenvalue weighted by Crippen LogP contribution is -2.45. The molecule has 136 valence electrons. The smallest absolute Gasteiger partial charge is 0.261 e. The minimum absolute atomic E-state index is 0. The van der Waals surface area contributed by atoms with Crippen molar-refractivity contribution in [2.24, 2.45) is 10.9 Å². The maximum absolute atomic E-state index is 11.8. The number of hydrogen-bond acceptors (Lipinski definition) is 3. The maximum Gasteiger partial charge on any atom is 0.261 e. The second kappa shape index (κ2) is 11.7. The summed E-state index contributed by atoms with van der Waals surface area (Å²) >= 11 is 1.47. The number of halogens is 1. The first-order valence-corrected chi connectivity index (χ1v) is 9.36. The number of rotatable bonds is 6. The zero-order valence-electron chi connectivity index (χ0n) is 14.5. The van der Waals surface area contributed by atoms with Crippen LogP contribution in [0, 0.1) is 5.92 Å². The third kappa shape index (κ3) is 7.38. The monoisotopic (exact) mass is 464 g/mol. The van der Waals surface area contributed by atoms with Gasteiger partial charge < -0.3 is 16.0 Å². The Labute approximate surface area is 166 Å². The molecule has 1 aliphatic rings. The van der Waals surface area contributed by atoms with E-state index in [1.54, 1.807) is 7.05 Å². The molecule has 0 bridgehead atoms. The summed E-state index contributed by atoms with van der Waals surface area (Å²) in [6.45, 7) is 3.79. The second-order valence-corrected chi connectivity index (χ2v) is 7.13. The summed E-state index contributed by atoms with van der Waals surface area (Å²) in [5, 5.41) is 11.7. The van der Waals surface area contributed by atoms with Crippen LogP contribution >= 0.6 is 35.3 Å². The Hall–Kier alpha value is -0.830. The molecule has 1 saturated carbocycles. The molecular formula is C17H29IN4OS. The van der Waals surface area contributed by atoms with Crippen LogP contribution in [0.4, 0.5) is 0 Å². The molecule has 0 aliphatic heterocycles. The van der Waals surface area contributed by atoms with E-state index < -0.39 is 0 Å². The zero-order valence-corrected chi connectivity index (χ0v) is 17.7. The molecule has 1 aliphatic carbocycles. The number of aliphatic imine (C=N–C) groups is 1. The average molecular weight is 464 g/mol. The van der Waals surface area contributed by atoms with Crippen molar-refractivity contribution < 1.29 is 4.79 Å². The fraction of sp³-hybridized carbons (Fsp3) is 0.647. The third-order valence-corrected chi connectivity index (χ3v) is 5.13. The topological polar surface area (TPSA) is 65.5 Å². The molecule has 1 amide bonds. The molecule has 0 aromatic carbocycles. The van der Waals surface area contributed by atoms with Crippen molar-refractivity contribution in [1.82, 2.24) is 16.0 Å². The molecule has 0 radical (unpaired) electrons. The summed E-state index contributed by atoms with van der Waals surface area (Å²) in [6.07, 6.45) is 5.91. The first kappa shape index (κ1) is 21.2. The van der Waals surface area contributed by atoms with Crippen LogP contribution in [0.1, 0.15) is 48.7 Å². The van der Waals surface area contributed by atoms with Gasteiger partial charge in [0.25, 0.3) is 5.91 Å². The quantitative estimate of drug-likeness (QED) is 0.262. The van der Waals surface area contributed by atoms with Crippen LogP contribution in [0.5, 0.6) is 0 Å². The van der Waals surface area contributed by atoms with E-state index >= 15 is 0 Å². The Kier molecular flexibility index (Phi) is 10.3. The van der Waals surface area contributed by atoms with Crippen LogP contribution in [-0.4, -0.2) is 38.0 Å². The van der Waals surface area contributed by atoms with E-state index in [1.165, 1.54) is 37.0 Å². The molecule has 1 aromatic rings. The van der Waals surface area contributed by atoms with E-state index in [2.05, 4.69) is 27.9 Å². The van der Waals surface area contributed by atoms with Gasteiger partial charge in [-0.05, 0) is 49.5 Å². The highest BCUT2D eigenvalue weighted by Gasteiger charge is 2.18. The Bertz CT molecular complexity index is 499. The lowest BCUT2D eigenvalue weighted by atomic mass is 9.87. The molecule has 1 heterocycles. The Morgan fingerprint density at radius 2 is 1.96 bits per heavy atom. The average Bonchev–Trinajstić information content (AvgIpc) is 3.09. The van der Waals surface area contributed by atoms with Crippen molar-refractivity contribution in [3.05, 3.63) is 22.4 Å². The van der Waals surface area contributed by atoms with Crippen molar-refractivity contribution in [3.63, 3.8) is 0 Å². The highest BCUT2D eigenvalue weighted by Crippen LogP contribution is 2.23. The van der Waals surface area contributed by atoms with Crippen LogP contribution < -0.4 is 16.0 Å². The van der Waals surface area contributed by atoms with E-state index in [0.29, 0.717) is 12.6 Å². The number of nitrogens with zero attached hydrogens (tertiary/aromatic N) is 1. The first-order chi connectivity index (χ1) is 11.2. The molecule has 2 rings (SSSR count). The van der Waals surface area contributed by atoms with Gasteiger partial charge in [-0.15, -0.1) is 35.3 Å². The molecule has 1 aromatic heterocycles. The van der Waals surface area contributed by atoms with Gasteiger partial charge in [0.15, 0.2) is 5.96 Å². The molecule has 7 heteroatoms. The lowest BCUT2D eigenvalue weighted by molar-refractivity contribution is 0.0957. The number of thiophene rings is 1. The standard InChI is InChI=1S/C17H28N4OS.HI/c1-13-6-8-14(9-7-13)21-17(18-2)20-11-4-10-19-16(22)15-5-3-12-23-15;/h3,5,12-14H,4,6-11H2,1-2H3,(H,19,22)(H2,18,20,21);1H. The fourth-order valence-electron chi connectivity index (χ4n) is 2.78. The largest absolute Gasteiger partial charge is 0.356 e. The van der Waals surface area contributed by atoms with Gasteiger partial charge in [0.1, 0.15) is 0 Å². The SMILES string of the molecule is CN=C(NCCCNC(=O)c1cccs1)NC1CCC(C)CC1.I. The minimum Gasteiger partial charge on any atom is -0.356 e. The van der Waals surface area contributed by atoms with Crippen molar-refractivity contribution in [3.8, 4) is 0 Å². The second-order valence-electron chi connectivity index (χ2n) is 6.19. The third-order valence-electron chi connectivity index (χ3n) is 4.26. The number of carbonyl (C=O) groups excluding carboxylic acids is 1. The van der Waals surface area contributed by atoms with E-state index in [0.717, 1.165) is 29.7 Å². The Morgan fingerprint density at radius 1 is 1.25 bits per heavy atom. The predicted octanol–water partition coefficient (Wildman–Crippen LogP) is 3.23. The van der Waals surface area contributed by atoms with E-state index in [9.17, 15) is 4.79 Å². The van der Waals surface area contributed by atoms with E-state index in [-0.39, 0.29) is 29.9 Å². The number of nitrogens with one attached hydrogen (secondary N) is 3. The van der Waals surface area contributed by atoms with Crippen LogP contribution in [0.25, 0.3) is 0 Å². The van der Waals surface area contributed by atoms with Gasteiger partial charge in [0, 0.05) is 26.2 Å². The van der Waals surface area contributed by atoms with Gasteiger partial charge in [-0.3, -0.25) is 9.79 Å². The number of hydrogen-bond donors (Lipinski definition) is 3. The molecule has 0 saturated heterocycles. The molecule has 1 fully saturated rings. The van der Waals surface area contributed by atoms with Gasteiger partial charge in [0.2, 0.25) is 0 Å².